The number of sulfonamides is 1. The highest BCUT2D eigenvalue weighted by atomic mass is 32.2. The number of ether oxygens (including phenoxy) is 2. The Balaban J connectivity index is 1.83. The topological polar surface area (TPSA) is 119 Å². The van der Waals surface area contributed by atoms with Crippen LogP contribution in [0, 0.1) is 6.92 Å². The predicted octanol–water partition coefficient (Wildman–Crippen LogP) is 1.87. The zero-order valence-corrected chi connectivity index (χ0v) is 19.7. The number of thiazole rings is 1. The molecule has 1 amide bonds. The van der Waals surface area contributed by atoms with E-state index in [1.807, 2.05) is 6.92 Å². The van der Waals surface area contributed by atoms with Gasteiger partial charge in [-0.15, -0.1) is 11.3 Å². The summed E-state index contributed by atoms with van der Waals surface area (Å²) in [5, 5.41) is 7.21. The SMILES string of the molecule is COCCN(C)S(=O)(=O)c1ccc(C(=NO[C@@H]2CCOC2)C(=O)Nc2ncc(C)s2)cc1. The van der Waals surface area contributed by atoms with Crippen molar-refractivity contribution in [3.63, 3.8) is 0 Å². The number of likely N-dealkylation sites (N-methyl/N-ethyl adjacent to an activating group) is 1. The molecule has 1 atom stereocenters. The van der Waals surface area contributed by atoms with Crippen LogP contribution in [0.15, 0.2) is 40.5 Å². The zero-order chi connectivity index (χ0) is 23.1. The van der Waals surface area contributed by atoms with Gasteiger partial charge in [-0.05, 0) is 19.1 Å². The molecule has 0 saturated carbocycles. The van der Waals surface area contributed by atoms with Crippen LogP contribution in [-0.4, -0.2) is 76.0 Å². The van der Waals surface area contributed by atoms with Crippen LogP contribution < -0.4 is 5.32 Å². The van der Waals surface area contributed by atoms with E-state index in [4.69, 9.17) is 14.3 Å². The summed E-state index contributed by atoms with van der Waals surface area (Å²) >= 11 is 1.33. The number of hydrogen-bond donors (Lipinski definition) is 1. The Morgan fingerprint density at radius 1 is 1.38 bits per heavy atom. The highest BCUT2D eigenvalue weighted by Gasteiger charge is 2.23. The number of benzene rings is 1. The lowest BCUT2D eigenvalue weighted by Crippen LogP contribution is -2.30. The van der Waals surface area contributed by atoms with Gasteiger partial charge in [-0.25, -0.2) is 13.4 Å². The predicted molar refractivity (Wildman–Crippen MR) is 120 cm³/mol. The molecular formula is C20H26N4O6S2. The van der Waals surface area contributed by atoms with Gasteiger partial charge in [0.1, 0.15) is 0 Å². The van der Waals surface area contributed by atoms with Crippen LogP contribution in [0.2, 0.25) is 0 Å². The van der Waals surface area contributed by atoms with Gasteiger partial charge in [0.25, 0.3) is 5.91 Å². The molecule has 32 heavy (non-hydrogen) atoms. The number of rotatable bonds is 10. The summed E-state index contributed by atoms with van der Waals surface area (Å²) in [5.74, 6) is -0.508. The number of anilines is 1. The van der Waals surface area contributed by atoms with E-state index in [0.717, 1.165) is 4.88 Å². The van der Waals surface area contributed by atoms with Crippen LogP contribution in [0.4, 0.5) is 5.13 Å². The van der Waals surface area contributed by atoms with Crippen molar-refractivity contribution >= 4 is 38.1 Å². The lowest BCUT2D eigenvalue weighted by molar-refractivity contribution is -0.110. The number of aryl methyl sites for hydroxylation is 1. The summed E-state index contributed by atoms with van der Waals surface area (Å²) in [6, 6.07) is 5.92. The molecule has 0 radical (unpaired) electrons. The van der Waals surface area contributed by atoms with E-state index < -0.39 is 15.9 Å². The minimum Gasteiger partial charge on any atom is -0.389 e. The second-order valence-electron chi connectivity index (χ2n) is 7.10. The maximum atomic E-state index is 12.9. The van der Waals surface area contributed by atoms with Crippen LogP contribution in [0.3, 0.4) is 0 Å². The summed E-state index contributed by atoms with van der Waals surface area (Å²) in [4.78, 5) is 23.6. The van der Waals surface area contributed by atoms with Gasteiger partial charge >= 0.3 is 0 Å². The normalized spacial score (nSPS) is 17.0. The lowest BCUT2D eigenvalue weighted by atomic mass is 10.1. The first-order chi connectivity index (χ1) is 15.3. The van der Waals surface area contributed by atoms with Gasteiger partial charge in [0.15, 0.2) is 16.9 Å². The Morgan fingerprint density at radius 2 is 2.12 bits per heavy atom. The van der Waals surface area contributed by atoms with Gasteiger partial charge in [-0.2, -0.15) is 4.31 Å². The maximum absolute atomic E-state index is 12.9. The fourth-order valence-corrected chi connectivity index (χ4v) is 4.64. The molecular weight excluding hydrogens is 456 g/mol. The Hall–Kier alpha value is -2.38. The molecule has 0 bridgehead atoms. The van der Waals surface area contributed by atoms with E-state index in [1.165, 1.54) is 54.1 Å². The molecule has 1 aromatic heterocycles. The van der Waals surface area contributed by atoms with Crippen molar-refractivity contribution in [1.82, 2.24) is 9.29 Å². The van der Waals surface area contributed by atoms with E-state index >= 15 is 0 Å². The van der Waals surface area contributed by atoms with Crippen molar-refractivity contribution in [3.8, 4) is 0 Å². The van der Waals surface area contributed by atoms with E-state index in [0.29, 0.717) is 30.3 Å². The number of nitrogens with zero attached hydrogens (tertiary/aromatic N) is 3. The third-order valence-electron chi connectivity index (χ3n) is 4.68. The van der Waals surface area contributed by atoms with Gasteiger partial charge < -0.3 is 14.3 Å². The van der Waals surface area contributed by atoms with Gasteiger partial charge in [-0.3, -0.25) is 10.1 Å². The van der Waals surface area contributed by atoms with Crippen molar-refractivity contribution < 1.29 is 27.5 Å². The zero-order valence-electron chi connectivity index (χ0n) is 18.1. The number of methoxy groups -OCH3 is 1. The minimum absolute atomic E-state index is 0.0152. The molecule has 1 aliphatic rings. The molecule has 0 spiro atoms. The van der Waals surface area contributed by atoms with Crippen molar-refractivity contribution in [2.45, 2.75) is 24.3 Å². The van der Waals surface area contributed by atoms with Gasteiger partial charge in [-0.1, -0.05) is 17.3 Å². The number of carbonyl (C=O) groups excluding carboxylic acids is 1. The molecule has 174 valence electrons. The Bertz CT molecular complexity index is 1050. The molecule has 1 saturated heterocycles. The van der Waals surface area contributed by atoms with Crippen LogP contribution in [0.5, 0.6) is 0 Å². The fraction of sp³-hybridized carbons (Fsp3) is 0.450. The maximum Gasteiger partial charge on any atom is 0.280 e. The van der Waals surface area contributed by atoms with E-state index in [-0.39, 0.29) is 29.9 Å². The minimum atomic E-state index is -3.69. The molecule has 1 N–H and O–H groups in total. The van der Waals surface area contributed by atoms with Crippen molar-refractivity contribution in [3.05, 3.63) is 40.9 Å². The molecule has 0 unspecified atom stereocenters. The molecule has 1 aromatic carbocycles. The smallest absolute Gasteiger partial charge is 0.280 e. The number of aromatic nitrogens is 1. The average Bonchev–Trinajstić information content (AvgIpc) is 3.44. The fourth-order valence-electron chi connectivity index (χ4n) is 2.82. The molecule has 1 aliphatic heterocycles. The first-order valence-electron chi connectivity index (χ1n) is 9.92. The number of carbonyl (C=O) groups is 1. The highest BCUT2D eigenvalue weighted by Crippen LogP contribution is 2.19. The number of oxime groups is 1. The van der Waals surface area contributed by atoms with Gasteiger partial charge in [0.2, 0.25) is 10.0 Å². The molecule has 12 heteroatoms. The van der Waals surface area contributed by atoms with E-state index in [9.17, 15) is 13.2 Å². The highest BCUT2D eigenvalue weighted by molar-refractivity contribution is 7.89. The molecule has 10 nitrogen and oxygen atoms in total. The number of hydrogen-bond acceptors (Lipinski definition) is 9. The summed E-state index contributed by atoms with van der Waals surface area (Å²) < 4.78 is 36.9. The monoisotopic (exact) mass is 482 g/mol. The molecule has 1 fully saturated rings. The Labute approximate surface area is 191 Å². The average molecular weight is 483 g/mol. The molecule has 0 aliphatic carbocycles. The van der Waals surface area contributed by atoms with E-state index in [1.54, 1.807) is 6.20 Å². The van der Waals surface area contributed by atoms with Gasteiger partial charge in [0.05, 0.1) is 24.7 Å². The summed E-state index contributed by atoms with van der Waals surface area (Å²) in [6.45, 7) is 3.36. The molecule has 3 rings (SSSR count). The number of amides is 1. The van der Waals surface area contributed by atoms with Crippen LogP contribution in [0.1, 0.15) is 16.9 Å². The van der Waals surface area contributed by atoms with E-state index in [2.05, 4.69) is 15.5 Å². The molecule has 2 heterocycles. The summed E-state index contributed by atoms with van der Waals surface area (Å²) in [7, 11) is -0.698. The Kier molecular flexibility index (Phi) is 8.32. The van der Waals surface area contributed by atoms with Crippen LogP contribution in [-0.2, 0) is 29.1 Å². The summed E-state index contributed by atoms with van der Waals surface area (Å²) in [6.07, 6.45) is 2.09. The second kappa shape index (κ2) is 11.0. The summed E-state index contributed by atoms with van der Waals surface area (Å²) in [5.41, 5.74) is 0.426. The third kappa shape index (κ3) is 6.11. The van der Waals surface area contributed by atoms with Gasteiger partial charge in [0, 0.05) is 43.8 Å². The quantitative estimate of drug-likeness (QED) is 0.405. The Morgan fingerprint density at radius 3 is 2.72 bits per heavy atom. The third-order valence-corrected chi connectivity index (χ3v) is 7.38. The lowest BCUT2D eigenvalue weighted by Gasteiger charge is -2.17. The van der Waals surface area contributed by atoms with Crippen molar-refractivity contribution in [2.75, 3.05) is 45.8 Å². The van der Waals surface area contributed by atoms with Crippen LogP contribution >= 0.6 is 11.3 Å². The van der Waals surface area contributed by atoms with Crippen molar-refractivity contribution in [2.24, 2.45) is 5.16 Å². The molecule has 2 aromatic rings. The second-order valence-corrected chi connectivity index (χ2v) is 10.4. The number of nitrogens with one attached hydrogen (secondary N) is 1. The largest absolute Gasteiger partial charge is 0.389 e. The van der Waals surface area contributed by atoms with Crippen molar-refractivity contribution in [1.29, 1.82) is 0 Å². The first-order valence-corrected chi connectivity index (χ1v) is 12.2. The van der Waals surface area contributed by atoms with Crippen LogP contribution in [0.25, 0.3) is 0 Å². The standard InChI is InChI=1S/C20H26N4O6S2/c1-14-12-21-20(31-14)22-19(25)18(23-30-16-8-10-29-13-16)15-4-6-17(7-5-15)32(26,27)24(2)9-11-28-3/h4-7,12,16H,8-11,13H2,1-3H3,(H,21,22,25)/t16-/m1/s1. The first kappa shape index (κ1) is 24.3.